The van der Waals surface area contributed by atoms with Crippen LogP contribution in [-0.2, 0) is 6.42 Å². The summed E-state index contributed by atoms with van der Waals surface area (Å²) in [4.78, 5) is 0. The molecule has 0 heterocycles. The first-order valence-corrected chi connectivity index (χ1v) is 5.16. The van der Waals surface area contributed by atoms with E-state index in [4.69, 9.17) is 10.5 Å². The Balaban J connectivity index is 2.96. The van der Waals surface area contributed by atoms with E-state index >= 15 is 0 Å². The van der Waals surface area contributed by atoms with Gasteiger partial charge in [0.1, 0.15) is 12.1 Å². The summed E-state index contributed by atoms with van der Waals surface area (Å²) in [5.41, 5.74) is 1.96. The summed E-state index contributed by atoms with van der Waals surface area (Å²) in [7, 11) is 0. The summed E-state index contributed by atoms with van der Waals surface area (Å²) in [5.74, 6) is 0. The Labute approximate surface area is 94.4 Å². The number of nitrogens with zero attached hydrogens (tertiary/aromatic N) is 2. The van der Waals surface area contributed by atoms with E-state index < -0.39 is 0 Å². The Hall–Kier alpha value is -2.32. The van der Waals surface area contributed by atoms with Crippen LogP contribution >= 0.6 is 0 Å². The molecule has 2 heteroatoms. The summed E-state index contributed by atoms with van der Waals surface area (Å²) in [6, 6.07) is 13.9. The zero-order valence-electron chi connectivity index (χ0n) is 8.99. The van der Waals surface area contributed by atoms with Crippen molar-refractivity contribution in [2.75, 3.05) is 0 Å². The van der Waals surface area contributed by atoms with E-state index in [-0.39, 0.29) is 0 Å². The number of rotatable bonds is 1. The SMILES string of the molecule is CCc1c(C#N)c(C#N)cc2ccccc12. The normalized spacial score (nSPS) is 9.69. The van der Waals surface area contributed by atoms with Crippen LogP contribution in [0.4, 0.5) is 0 Å². The van der Waals surface area contributed by atoms with Gasteiger partial charge in [0.25, 0.3) is 0 Å². The van der Waals surface area contributed by atoms with Crippen LogP contribution in [0.2, 0.25) is 0 Å². The Morgan fingerprint density at radius 2 is 1.88 bits per heavy atom. The summed E-state index contributed by atoms with van der Waals surface area (Å²) in [5, 5.41) is 20.2. The monoisotopic (exact) mass is 206 g/mol. The quantitative estimate of drug-likeness (QED) is 0.719. The molecule has 0 aromatic heterocycles. The predicted molar refractivity (Wildman–Crippen MR) is 62.8 cm³/mol. The molecule has 0 atom stereocenters. The second kappa shape index (κ2) is 4.04. The maximum atomic E-state index is 9.12. The Morgan fingerprint density at radius 3 is 2.50 bits per heavy atom. The first kappa shape index (κ1) is 10.2. The van der Waals surface area contributed by atoms with E-state index in [0.717, 1.165) is 22.8 Å². The summed E-state index contributed by atoms with van der Waals surface area (Å²) >= 11 is 0. The van der Waals surface area contributed by atoms with Crippen LogP contribution in [0.3, 0.4) is 0 Å². The topological polar surface area (TPSA) is 47.6 Å². The lowest BCUT2D eigenvalue weighted by Gasteiger charge is -2.08. The van der Waals surface area contributed by atoms with E-state index in [2.05, 4.69) is 12.1 Å². The maximum Gasteiger partial charge on any atom is 0.101 e. The van der Waals surface area contributed by atoms with Gasteiger partial charge in [0, 0.05) is 0 Å². The highest BCUT2D eigenvalue weighted by molar-refractivity contribution is 5.89. The van der Waals surface area contributed by atoms with Crippen molar-refractivity contribution >= 4 is 10.8 Å². The molecule has 0 bridgehead atoms. The average Bonchev–Trinajstić information content (AvgIpc) is 2.36. The van der Waals surface area contributed by atoms with Crippen molar-refractivity contribution in [3.63, 3.8) is 0 Å². The fourth-order valence-corrected chi connectivity index (χ4v) is 2.01. The molecule has 0 saturated carbocycles. The standard InChI is InChI=1S/C14H10N2/c1-2-12-13-6-4-3-5-10(13)7-11(8-15)14(12)9-16/h3-7H,2H2,1H3. The van der Waals surface area contributed by atoms with Gasteiger partial charge in [0.2, 0.25) is 0 Å². The van der Waals surface area contributed by atoms with Gasteiger partial charge in [0.05, 0.1) is 11.1 Å². The van der Waals surface area contributed by atoms with Crippen LogP contribution in [0.15, 0.2) is 30.3 Å². The van der Waals surface area contributed by atoms with Gasteiger partial charge in [-0.25, -0.2) is 0 Å². The molecule has 0 N–H and O–H groups in total. The smallest absolute Gasteiger partial charge is 0.101 e. The number of benzene rings is 2. The van der Waals surface area contributed by atoms with Crippen LogP contribution < -0.4 is 0 Å². The Bertz CT molecular complexity index is 627. The van der Waals surface area contributed by atoms with Gasteiger partial charge in [-0.1, -0.05) is 31.2 Å². The number of hydrogen-bond acceptors (Lipinski definition) is 2. The molecule has 0 fully saturated rings. The minimum absolute atomic E-state index is 0.470. The zero-order chi connectivity index (χ0) is 11.5. The van der Waals surface area contributed by atoms with E-state index in [9.17, 15) is 0 Å². The highest BCUT2D eigenvalue weighted by atomic mass is 14.3. The van der Waals surface area contributed by atoms with Crippen molar-refractivity contribution in [2.24, 2.45) is 0 Å². The summed E-state index contributed by atoms with van der Waals surface area (Å²) < 4.78 is 0. The van der Waals surface area contributed by atoms with E-state index in [1.54, 1.807) is 6.07 Å². The van der Waals surface area contributed by atoms with Crippen LogP contribution in [0.25, 0.3) is 10.8 Å². The number of hydrogen-bond donors (Lipinski definition) is 0. The van der Waals surface area contributed by atoms with Crippen LogP contribution in [0.1, 0.15) is 23.6 Å². The summed E-state index contributed by atoms with van der Waals surface area (Å²) in [6.45, 7) is 2.00. The van der Waals surface area contributed by atoms with Crippen molar-refractivity contribution in [3.05, 3.63) is 47.0 Å². The van der Waals surface area contributed by atoms with Crippen LogP contribution in [0.5, 0.6) is 0 Å². The summed E-state index contributed by atoms with van der Waals surface area (Å²) in [6.07, 6.45) is 0.763. The van der Waals surface area contributed by atoms with Gasteiger partial charge in [-0.05, 0) is 28.8 Å². The zero-order valence-corrected chi connectivity index (χ0v) is 8.99. The third-order valence-electron chi connectivity index (χ3n) is 2.74. The fourth-order valence-electron chi connectivity index (χ4n) is 2.01. The molecule has 2 aromatic carbocycles. The second-order valence-electron chi connectivity index (χ2n) is 3.58. The molecular weight excluding hydrogens is 196 g/mol. The van der Waals surface area contributed by atoms with Gasteiger partial charge in [0.15, 0.2) is 0 Å². The fraction of sp³-hybridized carbons (Fsp3) is 0.143. The maximum absolute atomic E-state index is 9.12. The molecule has 76 valence electrons. The minimum atomic E-state index is 0.470. The van der Waals surface area contributed by atoms with E-state index in [1.807, 2.05) is 31.2 Å². The highest BCUT2D eigenvalue weighted by Gasteiger charge is 2.10. The van der Waals surface area contributed by atoms with Gasteiger partial charge < -0.3 is 0 Å². The van der Waals surface area contributed by atoms with Crippen molar-refractivity contribution in [2.45, 2.75) is 13.3 Å². The minimum Gasteiger partial charge on any atom is -0.192 e. The highest BCUT2D eigenvalue weighted by Crippen LogP contribution is 2.25. The molecule has 0 aliphatic rings. The molecule has 16 heavy (non-hydrogen) atoms. The third kappa shape index (κ3) is 1.42. The first-order chi connectivity index (χ1) is 7.81. The molecule has 0 radical (unpaired) electrons. The third-order valence-corrected chi connectivity index (χ3v) is 2.74. The molecule has 0 unspecified atom stereocenters. The molecule has 0 saturated heterocycles. The number of nitriles is 2. The van der Waals surface area contributed by atoms with E-state index in [1.165, 1.54) is 0 Å². The molecule has 2 aromatic rings. The lowest BCUT2D eigenvalue weighted by molar-refractivity contribution is 1.14. The molecule has 0 spiro atoms. The molecule has 0 aliphatic carbocycles. The van der Waals surface area contributed by atoms with Crippen LogP contribution in [0, 0.1) is 22.7 Å². The van der Waals surface area contributed by atoms with Crippen molar-refractivity contribution in [1.29, 1.82) is 10.5 Å². The number of aryl methyl sites for hydroxylation is 1. The van der Waals surface area contributed by atoms with Gasteiger partial charge in [-0.3, -0.25) is 0 Å². The average molecular weight is 206 g/mol. The molecule has 2 rings (SSSR count). The van der Waals surface area contributed by atoms with Crippen molar-refractivity contribution in [1.82, 2.24) is 0 Å². The Kier molecular flexibility index (Phi) is 2.58. The largest absolute Gasteiger partial charge is 0.192 e. The van der Waals surface area contributed by atoms with E-state index in [0.29, 0.717) is 11.1 Å². The molecule has 0 aliphatic heterocycles. The molecule has 2 nitrogen and oxygen atoms in total. The lowest BCUT2D eigenvalue weighted by atomic mass is 9.94. The Morgan fingerprint density at radius 1 is 1.12 bits per heavy atom. The van der Waals surface area contributed by atoms with Gasteiger partial charge >= 0.3 is 0 Å². The van der Waals surface area contributed by atoms with Crippen molar-refractivity contribution < 1.29 is 0 Å². The predicted octanol–water partition coefficient (Wildman–Crippen LogP) is 3.15. The molecular formula is C14H10N2. The number of fused-ring (bicyclic) bond motifs is 1. The lowest BCUT2D eigenvalue weighted by Crippen LogP contribution is -1.94. The van der Waals surface area contributed by atoms with Crippen LogP contribution in [-0.4, -0.2) is 0 Å². The first-order valence-electron chi connectivity index (χ1n) is 5.16. The van der Waals surface area contributed by atoms with Gasteiger partial charge in [-0.2, -0.15) is 10.5 Å². The second-order valence-corrected chi connectivity index (χ2v) is 3.58. The molecule has 0 amide bonds. The van der Waals surface area contributed by atoms with Crippen molar-refractivity contribution in [3.8, 4) is 12.1 Å². The van der Waals surface area contributed by atoms with Gasteiger partial charge in [-0.15, -0.1) is 0 Å².